The van der Waals surface area contributed by atoms with Gasteiger partial charge >= 0.3 is 12.4 Å². The van der Waals surface area contributed by atoms with Gasteiger partial charge in [0.25, 0.3) is 0 Å². The molecule has 1 amide bonds. The van der Waals surface area contributed by atoms with Gasteiger partial charge in [0.2, 0.25) is 5.91 Å². The Morgan fingerprint density at radius 3 is 2.36 bits per heavy atom. The molecule has 1 saturated heterocycles. The van der Waals surface area contributed by atoms with Crippen molar-refractivity contribution in [3.63, 3.8) is 0 Å². The molecule has 2 aromatic carbocycles. The van der Waals surface area contributed by atoms with Crippen molar-refractivity contribution < 1.29 is 35.9 Å². The van der Waals surface area contributed by atoms with Crippen molar-refractivity contribution in [1.29, 1.82) is 0 Å². The van der Waals surface area contributed by atoms with Crippen molar-refractivity contribution >= 4 is 22.5 Å². The average molecular weight is 511 g/mol. The largest absolute Gasteiger partial charge is 0.490 e. The molecule has 0 unspecified atom stereocenters. The molecule has 1 aliphatic heterocycles. The quantitative estimate of drug-likeness (QED) is 0.403. The lowest BCUT2D eigenvalue weighted by Crippen LogP contribution is -2.54. The molecule has 192 valence electrons. The maximum atomic E-state index is 12.8. The Morgan fingerprint density at radius 2 is 1.72 bits per heavy atom. The van der Waals surface area contributed by atoms with Crippen molar-refractivity contribution in [2.24, 2.45) is 5.92 Å². The predicted molar refractivity (Wildman–Crippen MR) is 121 cm³/mol. The summed E-state index contributed by atoms with van der Waals surface area (Å²) in [5.41, 5.74) is 1.46. The molecule has 2 aliphatic rings. The van der Waals surface area contributed by atoms with Gasteiger partial charge in [-0.05, 0) is 54.7 Å². The molecule has 0 atom stereocenters. The number of hydrogen-bond donors (Lipinski definition) is 2. The first-order chi connectivity index (χ1) is 16.9. The van der Waals surface area contributed by atoms with Crippen LogP contribution in [-0.4, -0.2) is 47.7 Å². The van der Waals surface area contributed by atoms with Crippen LogP contribution in [0.15, 0.2) is 48.7 Å². The van der Waals surface area contributed by atoms with Crippen LogP contribution in [-0.2, 0) is 11.0 Å². The van der Waals surface area contributed by atoms with Crippen LogP contribution in [0.4, 0.5) is 32.0 Å². The van der Waals surface area contributed by atoms with Crippen LogP contribution in [0.1, 0.15) is 29.9 Å². The Bertz CT molecular complexity index is 1240. The summed E-state index contributed by atoms with van der Waals surface area (Å²) in [6.07, 6.45) is -5.74. The average Bonchev–Trinajstić information content (AvgIpc) is 3.13. The standard InChI is InChI=1S/C25H23F6N3O2/c26-24(27,28)13-34-11-16(12-34)23(35)33-22-10-32-21-6-5-18(9-20(21)22)36-19-7-15(8-19)14-1-3-17(4-2-14)25(29,30)31/h1-6,9-10,15-16,19,32H,7-8,11-13H2,(H,33,35)/t15-,19+. The number of alkyl halides is 6. The minimum atomic E-state index is -4.36. The third-order valence-electron chi connectivity index (χ3n) is 6.75. The minimum Gasteiger partial charge on any atom is -0.490 e. The molecule has 5 nitrogen and oxygen atoms in total. The van der Waals surface area contributed by atoms with Gasteiger partial charge in [-0.3, -0.25) is 9.69 Å². The number of nitrogens with zero attached hydrogens (tertiary/aromatic N) is 1. The fraction of sp³-hybridized carbons (Fsp3) is 0.400. The lowest BCUT2D eigenvalue weighted by Gasteiger charge is -2.38. The molecule has 5 rings (SSSR count). The molecular formula is C25H23F6N3O2. The molecule has 2 N–H and O–H groups in total. The van der Waals surface area contributed by atoms with E-state index in [1.807, 2.05) is 0 Å². The normalized spacial score (nSPS) is 21.2. The van der Waals surface area contributed by atoms with Crippen LogP contribution in [0.2, 0.25) is 0 Å². The zero-order chi connectivity index (χ0) is 25.7. The Morgan fingerprint density at radius 1 is 1.03 bits per heavy atom. The minimum absolute atomic E-state index is 0.0594. The molecule has 1 saturated carbocycles. The molecular weight excluding hydrogens is 488 g/mol. The van der Waals surface area contributed by atoms with Crippen molar-refractivity contribution in [3.05, 3.63) is 59.8 Å². The number of hydrogen-bond acceptors (Lipinski definition) is 3. The molecule has 2 fully saturated rings. The van der Waals surface area contributed by atoms with Gasteiger partial charge in [-0.15, -0.1) is 0 Å². The lowest BCUT2D eigenvalue weighted by atomic mass is 9.77. The second-order valence-corrected chi connectivity index (χ2v) is 9.43. The van der Waals surface area contributed by atoms with E-state index < -0.39 is 30.4 Å². The Kier molecular flexibility index (Phi) is 6.14. The Balaban J connectivity index is 1.16. The number of aromatic amines is 1. The van der Waals surface area contributed by atoms with Crippen LogP contribution in [0.5, 0.6) is 5.75 Å². The van der Waals surface area contributed by atoms with Gasteiger partial charge in [0.15, 0.2) is 0 Å². The van der Waals surface area contributed by atoms with Crippen LogP contribution >= 0.6 is 0 Å². The van der Waals surface area contributed by atoms with Crippen molar-refractivity contribution in [1.82, 2.24) is 9.88 Å². The van der Waals surface area contributed by atoms with Gasteiger partial charge < -0.3 is 15.0 Å². The molecule has 1 aliphatic carbocycles. The first kappa shape index (κ1) is 24.5. The number of amides is 1. The number of likely N-dealkylation sites (tertiary alicyclic amines) is 1. The van der Waals surface area contributed by atoms with Crippen LogP contribution in [0, 0.1) is 5.92 Å². The van der Waals surface area contributed by atoms with Gasteiger partial charge in [0, 0.05) is 30.2 Å². The van der Waals surface area contributed by atoms with E-state index in [0.717, 1.165) is 23.2 Å². The summed E-state index contributed by atoms with van der Waals surface area (Å²) in [7, 11) is 0. The second-order valence-electron chi connectivity index (χ2n) is 9.43. The van der Waals surface area contributed by atoms with E-state index >= 15 is 0 Å². The van der Waals surface area contributed by atoms with Gasteiger partial charge in [-0.25, -0.2) is 0 Å². The molecule has 0 bridgehead atoms. The van der Waals surface area contributed by atoms with Gasteiger partial charge in [0.1, 0.15) is 5.75 Å². The van der Waals surface area contributed by atoms with E-state index in [0.29, 0.717) is 29.7 Å². The van der Waals surface area contributed by atoms with Gasteiger partial charge in [-0.1, -0.05) is 12.1 Å². The van der Waals surface area contributed by atoms with E-state index in [4.69, 9.17) is 4.74 Å². The monoisotopic (exact) mass is 511 g/mol. The van der Waals surface area contributed by atoms with E-state index in [1.54, 1.807) is 24.4 Å². The molecule has 36 heavy (non-hydrogen) atoms. The SMILES string of the molecule is O=C(Nc1c[nH]c2ccc(O[C@H]3C[C@@H](c4ccc(C(F)(F)F)cc4)C3)cc12)C1CN(CC(F)(F)F)C1. The highest BCUT2D eigenvalue weighted by Crippen LogP contribution is 2.41. The molecule has 2 heterocycles. The summed E-state index contributed by atoms with van der Waals surface area (Å²) in [4.78, 5) is 16.7. The molecule has 0 spiro atoms. The Hall–Kier alpha value is -3.21. The first-order valence-electron chi connectivity index (χ1n) is 11.5. The summed E-state index contributed by atoms with van der Waals surface area (Å²) in [5.74, 6) is -0.121. The number of nitrogens with one attached hydrogen (secondary N) is 2. The zero-order valence-corrected chi connectivity index (χ0v) is 18.9. The van der Waals surface area contributed by atoms with Crippen molar-refractivity contribution in [2.75, 3.05) is 25.0 Å². The number of ether oxygens (including phenoxy) is 1. The summed E-state index contributed by atoms with van der Waals surface area (Å²) in [6.45, 7) is -0.904. The number of anilines is 1. The third kappa shape index (κ3) is 5.30. The van der Waals surface area contributed by atoms with Crippen molar-refractivity contribution in [2.45, 2.75) is 37.2 Å². The number of aromatic nitrogens is 1. The molecule has 11 heteroatoms. The highest BCUT2D eigenvalue weighted by atomic mass is 19.4. The van der Waals surface area contributed by atoms with Crippen molar-refractivity contribution in [3.8, 4) is 5.75 Å². The predicted octanol–water partition coefficient (Wildman–Crippen LogP) is 5.94. The molecule has 1 aromatic heterocycles. The van der Waals surface area contributed by atoms with E-state index in [9.17, 15) is 31.1 Å². The number of halogens is 6. The molecule has 3 aromatic rings. The summed E-state index contributed by atoms with van der Waals surface area (Å²) >= 11 is 0. The summed E-state index contributed by atoms with van der Waals surface area (Å²) < 4.78 is 81.7. The van der Waals surface area contributed by atoms with Crippen LogP contribution in [0.3, 0.4) is 0 Å². The first-order valence-corrected chi connectivity index (χ1v) is 11.5. The summed E-state index contributed by atoms with van der Waals surface area (Å²) in [6, 6.07) is 10.6. The summed E-state index contributed by atoms with van der Waals surface area (Å²) in [5, 5.41) is 3.50. The number of rotatable bonds is 6. The molecule has 0 radical (unpaired) electrons. The maximum absolute atomic E-state index is 12.8. The van der Waals surface area contributed by atoms with Gasteiger partial charge in [0.05, 0.1) is 29.8 Å². The van der Waals surface area contributed by atoms with Gasteiger partial charge in [-0.2, -0.15) is 26.3 Å². The highest BCUT2D eigenvalue weighted by molar-refractivity contribution is 6.03. The lowest BCUT2D eigenvalue weighted by molar-refractivity contribution is -0.162. The number of fused-ring (bicyclic) bond motifs is 1. The smallest absolute Gasteiger partial charge is 0.416 e. The number of carbonyl (C=O) groups excluding carboxylic acids is 1. The number of carbonyl (C=O) groups is 1. The highest BCUT2D eigenvalue weighted by Gasteiger charge is 2.40. The fourth-order valence-corrected chi connectivity index (χ4v) is 4.70. The zero-order valence-electron chi connectivity index (χ0n) is 18.9. The second kappa shape index (κ2) is 9.02. The number of H-pyrrole nitrogens is 1. The van der Waals surface area contributed by atoms with E-state index in [1.165, 1.54) is 17.0 Å². The van der Waals surface area contributed by atoms with E-state index in [2.05, 4.69) is 10.3 Å². The Labute approximate surface area is 202 Å². The fourth-order valence-electron chi connectivity index (χ4n) is 4.70. The van der Waals surface area contributed by atoms with Crippen LogP contribution in [0.25, 0.3) is 10.9 Å². The third-order valence-corrected chi connectivity index (χ3v) is 6.75. The van der Waals surface area contributed by atoms with Crippen LogP contribution < -0.4 is 10.1 Å². The maximum Gasteiger partial charge on any atom is 0.416 e. The van der Waals surface area contributed by atoms with E-state index in [-0.39, 0.29) is 31.0 Å². The number of benzene rings is 2. The topological polar surface area (TPSA) is 57.4 Å².